The molecule has 3 N–H and O–H groups in total. The van der Waals surface area contributed by atoms with Gasteiger partial charge in [0.25, 0.3) is 5.91 Å². The van der Waals surface area contributed by atoms with Gasteiger partial charge in [-0.2, -0.15) is 4.31 Å². The lowest BCUT2D eigenvalue weighted by Crippen LogP contribution is -2.35. The number of carbonyl (C=O) groups excluding carboxylic acids is 2. The highest BCUT2D eigenvalue weighted by Crippen LogP contribution is 2.21. The molecule has 3 rings (SSSR count). The number of rotatable bonds is 7. The van der Waals surface area contributed by atoms with E-state index in [-0.39, 0.29) is 29.4 Å². The molecule has 1 aliphatic rings. The molecule has 0 atom stereocenters. The van der Waals surface area contributed by atoms with Crippen LogP contribution >= 0.6 is 0 Å². The molecule has 8 nitrogen and oxygen atoms in total. The summed E-state index contributed by atoms with van der Waals surface area (Å²) < 4.78 is 27.0. The smallest absolute Gasteiger partial charge is 0.319 e. The second-order valence-corrected chi connectivity index (χ2v) is 10.1. The molecule has 1 saturated heterocycles. The van der Waals surface area contributed by atoms with Gasteiger partial charge >= 0.3 is 6.03 Å². The van der Waals surface area contributed by atoms with Crippen LogP contribution < -0.4 is 16.0 Å². The number of sulfonamides is 1. The minimum Gasteiger partial charge on any atom is -0.348 e. The first-order valence-electron chi connectivity index (χ1n) is 10.8. The topological polar surface area (TPSA) is 108 Å². The minimum atomic E-state index is -3.47. The van der Waals surface area contributed by atoms with Crippen LogP contribution in [0.25, 0.3) is 0 Å². The summed E-state index contributed by atoms with van der Waals surface area (Å²) in [5.41, 5.74) is 1.72. The van der Waals surface area contributed by atoms with Crippen LogP contribution in [-0.4, -0.2) is 43.8 Å². The van der Waals surface area contributed by atoms with Crippen molar-refractivity contribution in [1.82, 2.24) is 14.9 Å². The van der Waals surface area contributed by atoms with Crippen LogP contribution in [0.4, 0.5) is 10.5 Å². The predicted molar refractivity (Wildman–Crippen MR) is 124 cm³/mol. The molecule has 1 fully saturated rings. The second kappa shape index (κ2) is 10.6. The lowest BCUT2D eigenvalue weighted by Gasteiger charge is -2.25. The summed E-state index contributed by atoms with van der Waals surface area (Å²) in [5.74, 6) is -0.289. The molecule has 0 radical (unpaired) electrons. The molecule has 2 aromatic carbocycles. The number of benzene rings is 2. The van der Waals surface area contributed by atoms with Crippen LogP contribution in [0.2, 0.25) is 0 Å². The van der Waals surface area contributed by atoms with E-state index >= 15 is 0 Å². The Morgan fingerprint density at radius 1 is 1.00 bits per heavy atom. The van der Waals surface area contributed by atoms with E-state index in [1.54, 1.807) is 48.5 Å². The third-order valence-electron chi connectivity index (χ3n) is 5.13. The van der Waals surface area contributed by atoms with Gasteiger partial charge in [-0.1, -0.05) is 24.6 Å². The number of carbonyl (C=O) groups is 2. The second-order valence-electron chi connectivity index (χ2n) is 8.13. The molecule has 0 aromatic heterocycles. The van der Waals surface area contributed by atoms with Crippen molar-refractivity contribution in [2.24, 2.45) is 0 Å². The Morgan fingerprint density at radius 2 is 1.69 bits per heavy atom. The van der Waals surface area contributed by atoms with Crippen LogP contribution in [0.3, 0.4) is 0 Å². The number of hydrogen-bond donors (Lipinski definition) is 3. The summed E-state index contributed by atoms with van der Waals surface area (Å²) in [4.78, 5) is 24.6. The molecule has 32 heavy (non-hydrogen) atoms. The fraction of sp³-hybridized carbons (Fsp3) is 0.391. The fourth-order valence-electron chi connectivity index (χ4n) is 3.49. The first-order chi connectivity index (χ1) is 15.3. The van der Waals surface area contributed by atoms with Crippen molar-refractivity contribution in [3.8, 4) is 0 Å². The average molecular weight is 459 g/mol. The summed E-state index contributed by atoms with van der Waals surface area (Å²) >= 11 is 0. The van der Waals surface area contributed by atoms with Crippen molar-refractivity contribution in [3.63, 3.8) is 0 Å². The SMILES string of the molecule is CC(C)NC(=O)Nc1cccc(C(=O)NCc2ccc(S(=O)(=O)N3CCCCC3)cc2)c1. The molecule has 0 bridgehead atoms. The van der Waals surface area contributed by atoms with E-state index in [1.165, 1.54) is 4.31 Å². The van der Waals surface area contributed by atoms with Crippen molar-refractivity contribution >= 4 is 27.6 Å². The molecular weight excluding hydrogens is 428 g/mol. The number of amides is 3. The van der Waals surface area contributed by atoms with Crippen molar-refractivity contribution in [2.45, 2.75) is 50.6 Å². The number of urea groups is 1. The molecule has 3 amide bonds. The highest BCUT2D eigenvalue weighted by atomic mass is 32.2. The van der Waals surface area contributed by atoms with Gasteiger partial charge in [0, 0.05) is 36.9 Å². The lowest BCUT2D eigenvalue weighted by molar-refractivity contribution is 0.0951. The van der Waals surface area contributed by atoms with E-state index in [0.717, 1.165) is 24.8 Å². The Morgan fingerprint density at radius 3 is 2.34 bits per heavy atom. The maximum Gasteiger partial charge on any atom is 0.319 e. The molecule has 9 heteroatoms. The minimum absolute atomic E-state index is 0.00251. The lowest BCUT2D eigenvalue weighted by atomic mass is 10.1. The zero-order valence-electron chi connectivity index (χ0n) is 18.4. The number of anilines is 1. The van der Waals surface area contributed by atoms with Gasteiger partial charge in [0.2, 0.25) is 10.0 Å². The van der Waals surface area contributed by atoms with E-state index in [2.05, 4.69) is 16.0 Å². The highest BCUT2D eigenvalue weighted by Gasteiger charge is 2.25. The Bertz CT molecular complexity index is 1050. The number of hydrogen-bond acceptors (Lipinski definition) is 4. The Hall–Kier alpha value is -2.91. The van der Waals surface area contributed by atoms with Gasteiger partial charge in [0.1, 0.15) is 0 Å². The summed E-state index contributed by atoms with van der Waals surface area (Å²) in [6.45, 7) is 5.10. The van der Waals surface area contributed by atoms with Crippen LogP contribution in [0.5, 0.6) is 0 Å². The maximum absolute atomic E-state index is 12.7. The van der Waals surface area contributed by atoms with E-state index < -0.39 is 10.0 Å². The number of piperidine rings is 1. The largest absolute Gasteiger partial charge is 0.348 e. The van der Waals surface area contributed by atoms with E-state index in [9.17, 15) is 18.0 Å². The third kappa shape index (κ3) is 6.30. The fourth-order valence-corrected chi connectivity index (χ4v) is 5.00. The zero-order chi connectivity index (χ0) is 23.1. The molecule has 1 heterocycles. The molecule has 0 saturated carbocycles. The Balaban J connectivity index is 1.58. The van der Waals surface area contributed by atoms with Gasteiger partial charge in [-0.3, -0.25) is 4.79 Å². The standard InChI is InChI=1S/C23H30N4O4S/c1-17(2)25-23(29)26-20-8-6-7-19(15-20)22(28)24-16-18-9-11-21(12-10-18)32(30,31)27-13-4-3-5-14-27/h6-12,15,17H,3-5,13-14,16H2,1-2H3,(H,24,28)(H2,25,26,29). The van der Waals surface area contributed by atoms with Gasteiger partial charge in [-0.25, -0.2) is 13.2 Å². The quantitative estimate of drug-likeness (QED) is 0.591. The first-order valence-corrected chi connectivity index (χ1v) is 12.2. The summed E-state index contributed by atoms with van der Waals surface area (Å²) in [6, 6.07) is 12.9. The number of nitrogens with one attached hydrogen (secondary N) is 3. The zero-order valence-corrected chi connectivity index (χ0v) is 19.2. The van der Waals surface area contributed by atoms with Gasteiger partial charge in [0.05, 0.1) is 4.90 Å². The van der Waals surface area contributed by atoms with E-state index in [4.69, 9.17) is 0 Å². The van der Waals surface area contributed by atoms with Crippen molar-refractivity contribution in [3.05, 3.63) is 59.7 Å². The Kier molecular flexibility index (Phi) is 7.87. The molecule has 2 aromatic rings. The molecule has 0 unspecified atom stereocenters. The predicted octanol–water partition coefficient (Wildman–Crippen LogP) is 3.32. The van der Waals surface area contributed by atoms with Crippen LogP contribution in [0.1, 0.15) is 49.0 Å². The summed E-state index contributed by atoms with van der Waals surface area (Å²) in [5, 5.41) is 8.25. The van der Waals surface area contributed by atoms with Gasteiger partial charge in [0.15, 0.2) is 0 Å². The third-order valence-corrected chi connectivity index (χ3v) is 7.04. The maximum atomic E-state index is 12.7. The number of nitrogens with zero attached hydrogens (tertiary/aromatic N) is 1. The van der Waals surface area contributed by atoms with Crippen LogP contribution in [0, 0.1) is 0 Å². The van der Waals surface area contributed by atoms with E-state index in [1.807, 2.05) is 13.8 Å². The molecule has 0 aliphatic carbocycles. The average Bonchev–Trinajstić information content (AvgIpc) is 2.78. The molecular formula is C23H30N4O4S. The monoisotopic (exact) mass is 458 g/mol. The first kappa shape index (κ1) is 23.7. The van der Waals surface area contributed by atoms with Gasteiger partial charge in [-0.05, 0) is 62.6 Å². The van der Waals surface area contributed by atoms with Crippen LogP contribution in [0.15, 0.2) is 53.4 Å². The molecule has 172 valence electrons. The van der Waals surface area contributed by atoms with Crippen LogP contribution in [-0.2, 0) is 16.6 Å². The highest BCUT2D eigenvalue weighted by molar-refractivity contribution is 7.89. The van der Waals surface area contributed by atoms with Crippen molar-refractivity contribution in [1.29, 1.82) is 0 Å². The van der Waals surface area contributed by atoms with Crippen molar-refractivity contribution < 1.29 is 18.0 Å². The van der Waals surface area contributed by atoms with Crippen molar-refractivity contribution in [2.75, 3.05) is 18.4 Å². The Labute approximate surface area is 189 Å². The van der Waals surface area contributed by atoms with Gasteiger partial charge in [-0.15, -0.1) is 0 Å². The normalized spacial score (nSPS) is 14.7. The van der Waals surface area contributed by atoms with Gasteiger partial charge < -0.3 is 16.0 Å². The summed E-state index contributed by atoms with van der Waals surface area (Å²) in [6.07, 6.45) is 2.85. The summed E-state index contributed by atoms with van der Waals surface area (Å²) in [7, 11) is -3.47. The van der Waals surface area contributed by atoms with E-state index in [0.29, 0.717) is 24.3 Å². The molecule has 1 aliphatic heterocycles. The molecule has 0 spiro atoms.